The molecule has 0 aliphatic carbocycles. The molecule has 3 rings (SSSR count). The molecule has 0 unspecified atom stereocenters. The zero-order chi connectivity index (χ0) is 12.5. The van der Waals surface area contributed by atoms with E-state index in [4.69, 9.17) is 11.6 Å². The van der Waals surface area contributed by atoms with E-state index < -0.39 is 0 Å². The second-order valence-electron chi connectivity index (χ2n) is 3.96. The Morgan fingerprint density at radius 2 is 2.17 bits per heavy atom. The molecule has 0 saturated heterocycles. The molecule has 2 heterocycles. The highest BCUT2D eigenvalue weighted by Crippen LogP contribution is 2.37. The Bertz CT molecular complexity index is 643. The molecular weight excluding hydrogens is 284 g/mol. The standard InChI is InChI=1S/C14H9ClOS2/c15-11-3-1-2-9(7-11)6-10-8-18-14-12(13(10)16)4-5-17-14/h1-7H,8H2. The van der Waals surface area contributed by atoms with Gasteiger partial charge in [-0.15, -0.1) is 23.1 Å². The minimum atomic E-state index is 0.143. The van der Waals surface area contributed by atoms with Crippen molar-refractivity contribution < 1.29 is 4.79 Å². The van der Waals surface area contributed by atoms with E-state index in [2.05, 4.69) is 0 Å². The van der Waals surface area contributed by atoms with Crippen molar-refractivity contribution in [1.29, 1.82) is 0 Å². The van der Waals surface area contributed by atoms with Gasteiger partial charge in [-0.3, -0.25) is 4.79 Å². The highest BCUT2D eigenvalue weighted by atomic mass is 35.5. The summed E-state index contributed by atoms with van der Waals surface area (Å²) in [6.07, 6.45) is 1.93. The van der Waals surface area contributed by atoms with Crippen LogP contribution in [-0.4, -0.2) is 11.5 Å². The molecule has 1 aliphatic heterocycles. The van der Waals surface area contributed by atoms with E-state index in [1.807, 2.05) is 41.8 Å². The highest BCUT2D eigenvalue weighted by molar-refractivity contribution is 8.01. The molecular formula is C14H9ClOS2. The number of carbonyl (C=O) groups is 1. The third-order valence-corrected chi connectivity index (χ3v) is 5.24. The highest BCUT2D eigenvalue weighted by Gasteiger charge is 2.23. The van der Waals surface area contributed by atoms with Crippen molar-refractivity contribution in [3.8, 4) is 0 Å². The van der Waals surface area contributed by atoms with E-state index in [-0.39, 0.29) is 5.78 Å². The first-order chi connectivity index (χ1) is 8.74. The Morgan fingerprint density at radius 3 is 3.00 bits per heavy atom. The number of hydrogen-bond acceptors (Lipinski definition) is 3. The zero-order valence-electron chi connectivity index (χ0n) is 9.35. The Labute approximate surface area is 118 Å². The van der Waals surface area contributed by atoms with Gasteiger partial charge in [0, 0.05) is 21.9 Å². The molecule has 0 saturated carbocycles. The van der Waals surface area contributed by atoms with Crippen LogP contribution in [0, 0.1) is 0 Å². The van der Waals surface area contributed by atoms with Crippen molar-refractivity contribution in [2.45, 2.75) is 4.21 Å². The Kier molecular flexibility index (Phi) is 3.29. The summed E-state index contributed by atoms with van der Waals surface area (Å²) in [5.41, 5.74) is 2.66. The third kappa shape index (κ3) is 2.26. The van der Waals surface area contributed by atoms with Gasteiger partial charge in [-0.25, -0.2) is 0 Å². The van der Waals surface area contributed by atoms with Gasteiger partial charge >= 0.3 is 0 Å². The number of halogens is 1. The molecule has 2 aromatic rings. The van der Waals surface area contributed by atoms with Gasteiger partial charge in [0.05, 0.1) is 4.21 Å². The number of Topliss-reactive ketones (excluding diaryl/α,β-unsaturated/α-hetero) is 1. The third-order valence-electron chi connectivity index (χ3n) is 2.71. The van der Waals surface area contributed by atoms with E-state index >= 15 is 0 Å². The largest absolute Gasteiger partial charge is 0.289 e. The van der Waals surface area contributed by atoms with Gasteiger partial charge in [0.15, 0.2) is 5.78 Å². The molecule has 1 aromatic heterocycles. The normalized spacial score (nSPS) is 16.9. The number of carbonyl (C=O) groups excluding carboxylic acids is 1. The number of thiophene rings is 1. The van der Waals surface area contributed by atoms with E-state index in [1.54, 1.807) is 23.1 Å². The minimum absolute atomic E-state index is 0.143. The number of benzene rings is 1. The lowest BCUT2D eigenvalue weighted by Crippen LogP contribution is -2.10. The van der Waals surface area contributed by atoms with Crippen LogP contribution in [0.1, 0.15) is 15.9 Å². The molecule has 1 aliphatic rings. The lowest BCUT2D eigenvalue weighted by molar-refractivity contribution is 0.103. The summed E-state index contributed by atoms with van der Waals surface area (Å²) < 4.78 is 1.13. The van der Waals surface area contributed by atoms with Gasteiger partial charge in [0.2, 0.25) is 0 Å². The second kappa shape index (κ2) is 4.92. The van der Waals surface area contributed by atoms with Crippen LogP contribution < -0.4 is 0 Å². The van der Waals surface area contributed by atoms with Crippen molar-refractivity contribution in [2.75, 3.05) is 5.75 Å². The van der Waals surface area contributed by atoms with Crippen LogP contribution in [0.3, 0.4) is 0 Å². The van der Waals surface area contributed by atoms with Gasteiger partial charge in [-0.05, 0) is 35.2 Å². The molecule has 0 atom stereocenters. The lowest BCUT2D eigenvalue weighted by atomic mass is 10.0. The average Bonchev–Trinajstić information content (AvgIpc) is 2.82. The molecule has 4 heteroatoms. The van der Waals surface area contributed by atoms with Gasteiger partial charge in [0.1, 0.15) is 0 Å². The summed E-state index contributed by atoms with van der Waals surface area (Å²) in [5, 5.41) is 2.66. The number of thioether (sulfide) groups is 1. The van der Waals surface area contributed by atoms with Gasteiger partial charge in [-0.1, -0.05) is 23.7 Å². The molecule has 0 bridgehead atoms. The molecule has 1 aromatic carbocycles. The second-order valence-corrected chi connectivity index (χ2v) is 6.56. The summed E-state index contributed by atoms with van der Waals surface area (Å²) >= 11 is 9.31. The van der Waals surface area contributed by atoms with Gasteiger partial charge in [0.25, 0.3) is 0 Å². The van der Waals surface area contributed by atoms with E-state index in [0.717, 1.165) is 26.7 Å². The predicted octanol–water partition coefficient (Wildman–Crippen LogP) is 4.77. The van der Waals surface area contributed by atoms with Crippen molar-refractivity contribution >= 4 is 46.6 Å². The Hall–Kier alpha value is -1.03. The van der Waals surface area contributed by atoms with Crippen LogP contribution in [0.5, 0.6) is 0 Å². The van der Waals surface area contributed by atoms with Crippen LogP contribution in [0.15, 0.2) is 45.5 Å². The molecule has 1 nitrogen and oxygen atoms in total. The van der Waals surface area contributed by atoms with Gasteiger partial charge < -0.3 is 0 Å². The van der Waals surface area contributed by atoms with Crippen molar-refractivity contribution in [3.05, 3.63) is 57.4 Å². The van der Waals surface area contributed by atoms with E-state index in [0.29, 0.717) is 5.02 Å². The van der Waals surface area contributed by atoms with Crippen LogP contribution in [0.4, 0.5) is 0 Å². The fourth-order valence-electron chi connectivity index (χ4n) is 1.86. The zero-order valence-corrected chi connectivity index (χ0v) is 11.7. The topological polar surface area (TPSA) is 17.1 Å². The first kappa shape index (κ1) is 12.0. The summed E-state index contributed by atoms with van der Waals surface area (Å²) in [6.45, 7) is 0. The van der Waals surface area contributed by atoms with Crippen molar-refractivity contribution in [3.63, 3.8) is 0 Å². The molecule has 0 spiro atoms. The Morgan fingerprint density at radius 1 is 1.28 bits per heavy atom. The number of ketones is 1. The maximum atomic E-state index is 12.3. The Balaban J connectivity index is 1.97. The fraction of sp³-hybridized carbons (Fsp3) is 0.0714. The molecule has 0 amide bonds. The van der Waals surface area contributed by atoms with Crippen molar-refractivity contribution in [1.82, 2.24) is 0 Å². The number of fused-ring (bicyclic) bond motifs is 1. The van der Waals surface area contributed by atoms with E-state index in [1.165, 1.54) is 0 Å². The summed E-state index contributed by atoms with van der Waals surface area (Å²) in [4.78, 5) is 12.3. The quantitative estimate of drug-likeness (QED) is 0.704. The molecule has 18 heavy (non-hydrogen) atoms. The van der Waals surface area contributed by atoms with Crippen LogP contribution >= 0.6 is 34.7 Å². The number of hydrogen-bond donors (Lipinski definition) is 0. The van der Waals surface area contributed by atoms with Crippen LogP contribution in [0.2, 0.25) is 5.02 Å². The minimum Gasteiger partial charge on any atom is -0.289 e. The first-order valence-electron chi connectivity index (χ1n) is 5.45. The maximum absolute atomic E-state index is 12.3. The average molecular weight is 293 g/mol. The van der Waals surface area contributed by atoms with Crippen molar-refractivity contribution in [2.24, 2.45) is 0 Å². The SMILES string of the molecule is O=C1C(=Cc2cccc(Cl)c2)CSc2sccc21. The molecule has 90 valence electrons. The smallest absolute Gasteiger partial charge is 0.191 e. The molecule has 0 fully saturated rings. The fourth-order valence-corrected chi connectivity index (χ4v) is 4.11. The molecule has 0 radical (unpaired) electrons. The van der Waals surface area contributed by atoms with Gasteiger partial charge in [-0.2, -0.15) is 0 Å². The maximum Gasteiger partial charge on any atom is 0.191 e. The first-order valence-corrected chi connectivity index (χ1v) is 7.69. The number of rotatable bonds is 1. The lowest BCUT2D eigenvalue weighted by Gasteiger charge is -2.13. The predicted molar refractivity (Wildman–Crippen MR) is 78.8 cm³/mol. The van der Waals surface area contributed by atoms with Crippen LogP contribution in [-0.2, 0) is 0 Å². The monoisotopic (exact) mass is 292 g/mol. The summed E-state index contributed by atoms with van der Waals surface area (Å²) in [5.74, 6) is 0.878. The van der Waals surface area contributed by atoms with E-state index in [9.17, 15) is 4.79 Å². The van der Waals surface area contributed by atoms with Crippen LogP contribution in [0.25, 0.3) is 6.08 Å². The summed E-state index contributed by atoms with van der Waals surface area (Å²) in [6, 6.07) is 9.46. The summed E-state index contributed by atoms with van der Waals surface area (Å²) in [7, 11) is 0. The molecule has 0 N–H and O–H groups in total.